The standard InChI is InChI=1S/C7H12N4O/c1-5(2)9-10-11-4-8-7(12)6(11)3/h6H,4H2,1-3H3/p+1. The monoisotopic (exact) mass is 169 g/mol. The van der Waals surface area contributed by atoms with Crippen molar-refractivity contribution in [2.24, 2.45) is 5.22 Å². The van der Waals surface area contributed by atoms with Gasteiger partial charge >= 0.3 is 0 Å². The maximum absolute atomic E-state index is 11.0. The van der Waals surface area contributed by atoms with Gasteiger partial charge in [-0.05, 0) is 6.92 Å². The normalized spacial score (nSPS) is 21.8. The Hall–Kier alpha value is -1.35. The Labute approximate surface area is 71.2 Å². The molecule has 1 amide bonds. The zero-order chi connectivity index (χ0) is 9.14. The molecular weight excluding hydrogens is 156 g/mol. The highest BCUT2D eigenvalue weighted by Gasteiger charge is 2.33. The van der Waals surface area contributed by atoms with Crippen LogP contribution in [0, 0.1) is 0 Å². The lowest BCUT2D eigenvalue weighted by molar-refractivity contribution is -0.149. The maximum atomic E-state index is 11.0. The number of amides is 1. The van der Waals surface area contributed by atoms with Crippen LogP contribution in [0.3, 0.4) is 0 Å². The van der Waals surface area contributed by atoms with Gasteiger partial charge in [-0.2, -0.15) is 0 Å². The van der Waals surface area contributed by atoms with Crippen molar-refractivity contribution in [1.29, 1.82) is 0 Å². The molecule has 0 aromatic rings. The summed E-state index contributed by atoms with van der Waals surface area (Å²) in [6.45, 7) is 5.97. The van der Waals surface area contributed by atoms with Crippen LogP contribution in [0.25, 0.3) is 0 Å². The van der Waals surface area contributed by atoms with Crippen LogP contribution >= 0.6 is 0 Å². The molecule has 1 saturated heterocycles. The second kappa shape index (κ2) is 3.36. The van der Waals surface area contributed by atoms with Crippen LogP contribution < -0.4 is 5.32 Å². The van der Waals surface area contributed by atoms with Crippen molar-refractivity contribution in [2.45, 2.75) is 26.8 Å². The summed E-state index contributed by atoms with van der Waals surface area (Å²) in [6, 6.07) is -0.201. The first kappa shape index (κ1) is 8.74. The number of rotatable bonds is 1. The highest BCUT2D eigenvalue weighted by Crippen LogP contribution is 2.03. The van der Waals surface area contributed by atoms with E-state index in [1.54, 1.807) is 11.9 Å². The van der Waals surface area contributed by atoms with Crippen LogP contribution in [0.2, 0.25) is 0 Å². The predicted molar refractivity (Wildman–Crippen MR) is 43.4 cm³/mol. The van der Waals surface area contributed by atoms with Crippen LogP contribution in [0.1, 0.15) is 20.8 Å². The lowest BCUT2D eigenvalue weighted by atomic mass is 10.3. The second-order valence-corrected chi connectivity index (χ2v) is 2.95. The van der Waals surface area contributed by atoms with E-state index in [4.69, 9.17) is 0 Å². The quantitative estimate of drug-likeness (QED) is 0.336. The molecule has 1 N–H and O–H groups in total. The Morgan fingerprint density at radius 2 is 2.42 bits per heavy atom. The lowest BCUT2D eigenvalue weighted by Crippen LogP contribution is -2.25. The van der Waals surface area contributed by atoms with E-state index in [1.807, 2.05) is 13.8 Å². The molecule has 0 aromatic heterocycles. The Kier molecular flexibility index (Phi) is 2.45. The van der Waals surface area contributed by atoms with E-state index in [2.05, 4.69) is 15.3 Å². The van der Waals surface area contributed by atoms with Crippen molar-refractivity contribution < 1.29 is 9.58 Å². The second-order valence-electron chi connectivity index (χ2n) is 2.95. The highest BCUT2D eigenvalue weighted by atomic mass is 16.2. The van der Waals surface area contributed by atoms with Gasteiger partial charge in [0.15, 0.2) is 17.9 Å². The highest BCUT2D eigenvalue weighted by molar-refractivity contribution is 5.82. The molecule has 0 radical (unpaired) electrons. The first-order chi connectivity index (χ1) is 5.61. The van der Waals surface area contributed by atoms with E-state index in [9.17, 15) is 4.79 Å². The van der Waals surface area contributed by atoms with E-state index in [0.29, 0.717) is 6.67 Å². The Balaban J connectivity index is 2.67. The number of hydrogen-bond acceptors (Lipinski definition) is 2. The van der Waals surface area contributed by atoms with Crippen molar-refractivity contribution in [2.75, 3.05) is 6.67 Å². The summed E-state index contributed by atoms with van der Waals surface area (Å²) in [5, 5.41) is 8.18. The Morgan fingerprint density at radius 1 is 1.75 bits per heavy atom. The van der Waals surface area contributed by atoms with Gasteiger partial charge in [0.2, 0.25) is 5.71 Å². The van der Waals surface area contributed by atoms with Gasteiger partial charge in [0.05, 0.1) is 0 Å². The molecule has 1 heterocycles. The molecule has 0 bridgehead atoms. The minimum absolute atomic E-state index is 0.00251. The third-order valence-corrected chi connectivity index (χ3v) is 1.60. The fourth-order valence-electron chi connectivity index (χ4n) is 0.835. The van der Waals surface area contributed by atoms with Gasteiger partial charge in [-0.1, -0.05) is 4.79 Å². The summed E-state index contributed by atoms with van der Waals surface area (Å²) >= 11 is 0. The molecule has 66 valence electrons. The van der Waals surface area contributed by atoms with Crippen molar-refractivity contribution in [1.82, 2.24) is 10.3 Å². The number of hydrogen-bond donors (Lipinski definition) is 1. The first-order valence-corrected chi connectivity index (χ1v) is 3.87. The van der Waals surface area contributed by atoms with Crippen LogP contribution in [-0.4, -0.2) is 34.1 Å². The molecule has 0 saturated carbocycles. The van der Waals surface area contributed by atoms with Crippen molar-refractivity contribution >= 4 is 11.6 Å². The molecule has 1 rings (SSSR count). The minimum Gasteiger partial charge on any atom is -0.315 e. The van der Waals surface area contributed by atoms with Crippen LogP contribution in [0.4, 0.5) is 0 Å². The van der Waals surface area contributed by atoms with Crippen LogP contribution in [-0.2, 0) is 4.79 Å². The van der Waals surface area contributed by atoms with E-state index in [-0.39, 0.29) is 11.9 Å². The smallest absolute Gasteiger partial charge is 0.269 e. The van der Waals surface area contributed by atoms with Crippen LogP contribution in [0.15, 0.2) is 5.22 Å². The average Bonchev–Trinajstić information content (AvgIpc) is 2.30. The van der Waals surface area contributed by atoms with Gasteiger partial charge < -0.3 is 5.32 Å². The molecule has 1 unspecified atom stereocenters. The summed E-state index contributed by atoms with van der Waals surface area (Å²) in [6.07, 6.45) is 0. The third kappa shape index (κ3) is 1.83. The fraction of sp³-hybridized carbons (Fsp3) is 0.714. The van der Waals surface area contributed by atoms with E-state index < -0.39 is 0 Å². The van der Waals surface area contributed by atoms with E-state index in [1.165, 1.54) is 0 Å². The Morgan fingerprint density at radius 3 is 2.83 bits per heavy atom. The summed E-state index contributed by atoms with van der Waals surface area (Å²) in [4.78, 5) is 14.8. The summed E-state index contributed by atoms with van der Waals surface area (Å²) in [5.74, 6) is 0.00251. The molecular formula is C7H13N4O+. The van der Waals surface area contributed by atoms with Gasteiger partial charge in [-0.15, -0.1) is 5.01 Å². The average molecular weight is 169 g/mol. The summed E-state index contributed by atoms with van der Waals surface area (Å²) in [7, 11) is 0. The Bertz CT molecular complexity index is 250. The minimum atomic E-state index is -0.201. The van der Waals surface area contributed by atoms with Crippen molar-refractivity contribution in [3.63, 3.8) is 0 Å². The maximum Gasteiger partial charge on any atom is 0.269 e. The molecule has 1 atom stereocenters. The molecule has 5 nitrogen and oxygen atoms in total. The van der Waals surface area contributed by atoms with Crippen LogP contribution in [0.5, 0.6) is 0 Å². The van der Waals surface area contributed by atoms with Gasteiger partial charge in [0.25, 0.3) is 5.91 Å². The molecule has 5 heteroatoms. The van der Waals surface area contributed by atoms with Crippen molar-refractivity contribution in [3.8, 4) is 0 Å². The lowest BCUT2D eigenvalue weighted by Gasteiger charge is -1.99. The number of nitrogens with one attached hydrogen (secondary N) is 1. The number of carbonyl (C=O) groups is 1. The van der Waals surface area contributed by atoms with Gasteiger partial charge in [0.1, 0.15) is 0 Å². The number of nitrogens with zero attached hydrogens (tertiary/aromatic N) is 3. The molecule has 1 aliphatic rings. The zero-order valence-electron chi connectivity index (χ0n) is 7.53. The summed E-state index contributed by atoms with van der Waals surface area (Å²) < 4.78 is 0. The predicted octanol–water partition coefficient (Wildman–Crippen LogP) is -0.180. The van der Waals surface area contributed by atoms with Gasteiger partial charge in [-0.3, -0.25) is 4.79 Å². The van der Waals surface area contributed by atoms with Gasteiger partial charge in [0, 0.05) is 13.8 Å². The SMILES string of the molecule is CC(C)=[N+]=NN1CNC(=O)C1C. The van der Waals surface area contributed by atoms with E-state index in [0.717, 1.165) is 5.71 Å². The molecule has 1 fully saturated rings. The summed E-state index contributed by atoms with van der Waals surface area (Å²) in [5.41, 5.74) is 0.876. The van der Waals surface area contributed by atoms with Gasteiger partial charge in [-0.25, -0.2) is 0 Å². The fourth-order valence-corrected chi connectivity index (χ4v) is 0.835. The molecule has 0 aromatic carbocycles. The number of carbonyl (C=O) groups excluding carboxylic acids is 1. The first-order valence-electron chi connectivity index (χ1n) is 3.87. The third-order valence-electron chi connectivity index (χ3n) is 1.60. The topological polar surface area (TPSA) is 58.8 Å². The molecule has 12 heavy (non-hydrogen) atoms. The molecule has 0 aliphatic carbocycles. The largest absolute Gasteiger partial charge is 0.315 e. The zero-order valence-corrected chi connectivity index (χ0v) is 7.53. The molecule has 1 aliphatic heterocycles. The van der Waals surface area contributed by atoms with Crippen molar-refractivity contribution in [3.05, 3.63) is 0 Å². The van der Waals surface area contributed by atoms with E-state index >= 15 is 0 Å². The molecule has 0 spiro atoms.